The molecule has 0 saturated carbocycles. The Morgan fingerprint density at radius 2 is 2.50 bits per heavy atom. The Labute approximate surface area is 50.0 Å². The molecule has 1 unspecified atom stereocenters. The summed E-state index contributed by atoms with van der Waals surface area (Å²) in [7, 11) is 2.00. The van der Waals surface area contributed by atoms with Gasteiger partial charge in [0.15, 0.2) is 0 Å². The van der Waals surface area contributed by atoms with E-state index in [1.54, 1.807) is 0 Å². The van der Waals surface area contributed by atoms with E-state index in [1.165, 1.54) is 0 Å². The minimum Gasteiger partial charge on any atom is -0.366 e. The minimum absolute atomic E-state index is 0.250. The summed E-state index contributed by atoms with van der Waals surface area (Å²) in [5.74, 6) is 0. The maximum atomic E-state index is 5.65. The highest BCUT2D eigenvalue weighted by Gasteiger charge is 2.06. The predicted octanol–water partition coefficient (Wildman–Crippen LogP) is 0.511. The van der Waals surface area contributed by atoms with Gasteiger partial charge in [0.25, 0.3) is 0 Å². The van der Waals surface area contributed by atoms with E-state index in [-0.39, 0.29) is 6.17 Å². The number of nitrogens with two attached hydrogens (primary N) is 1. The molecule has 0 spiro atoms. The first-order valence-corrected chi connectivity index (χ1v) is 2.95. The number of hydrogen-bond donors (Lipinski definition) is 1. The summed E-state index contributed by atoms with van der Waals surface area (Å²) < 4.78 is 0. The highest BCUT2D eigenvalue weighted by atomic mass is 15.2. The lowest BCUT2D eigenvalue weighted by atomic mass is 10.2. The fourth-order valence-corrected chi connectivity index (χ4v) is 0.822. The molecule has 8 heavy (non-hydrogen) atoms. The van der Waals surface area contributed by atoms with Crippen molar-refractivity contribution in [3.8, 4) is 0 Å². The largest absolute Gasteiger partial charge is 0.366 e. The Morgan fingerprint density at radius 1 is 1.75 bits per heavy atom. The molecule has 2 heteroatoms. The van der Waals surface area contributed by atoms with Crippen LogP contribution in [0.5, 0.6) is 0 Å². The smallest absolute Gasteiger partial charge is 0.0764 e. The molecule has 1 aliphatic heterocycles. The molecule has 0 amide bonds. The molecule has 1 aliphatic rings. The molecule has 0 fully saturated rings. The van der Waals surface area contributed by atoms with Crippen LogP contribution in [0.2, 0.25) is 0 Å². The van der Waals surface area contributed by atoms with Gasteiger partial charge in [-0.3, -0.25) is 0 Å². The SMILES string of the molecule is CN1C=CCCC1N. The summed E-state index contributed by atoms with van der Waals surface area (Å²) in [5, 5.41) is 0. The summed E-state index contributed by atoms with van der Waals surface area (Å²) in [4.78, 5) is 2.03. The molecular weight excluding hydrogens is 100 g/mol. The quantitative estimate of drug-likeness (QED) is 0.494. The van der Waals surface area contributed by atoms with Gasteiger partial charge in [0.2, 0.25) is 0 Å². The molecule has 0 saturated heterocycles. The third kappa shape index (κ3) is 1.01. The van der Waals surface area contributed by atoms with Crippen molar-refractivity contribution in [1.29, 1.82) is 0 Å². The molecule has 2 N–H and O–H groups in total. The monoisotopic (exact) mass is 112 g/mol. The molecule has 0 radical (unpaired) electrons. The molecular formula is C6H12N2. The maximum Gasteiger partial charge on any atom is 0.0764 e. The molecule has 0 aromatic heterocycles. The topological polar surface area (TPSA) is 29.3 Å². The van der Waals surface area contributed by atoms with Gasteiger partial charge in [-0.05, 0) is 19.0 Å². The van der Waals surface area contributed by atoms with Crippen molar-refractivity contribution < 1.29 is 0 Å². The van der Waals surface area contributed by atoms with Crippen LogP contribution in [0.4, 0.5) is 0 Å². The van der Waals surface area contributed by atoms with E-state index < -0.39 is 0 Å². The van der Waals surface area contributed by atoms with Crippen molar-refractivity contribution in [2.75, 3.05) is 7.05 Å². The van der Waals surface area contributed by atoms with E-state index in [9.17, 15) is 0 Å². The highest BCUT2D eigenvalue weighted by Crippen LogP contribution is 2.06. The van der Waals surface area contributed by atoms with Crippen molar-refractivity contribution >= 4 is 0 Å². The molecule has 1 atom stereocenters. The summed E-state index contributed by atoms with van der Waals surface area (Å²) in [6.45, 7) is 0. The van der Waals surface area contributed by atoms with Crippen molar-refractivity contribution in [1.82, 2.24) is 4.90 Å². The van der Waals surface area contributed by atoms with Gasteiger partial charge in [-0.15, -0.1) is 0 Å². The fourth-order valence-electron chi connectivity index (χ4n) is 0.822. The maximum absolute atomic E-state index is 5.65. The first-order valence-electron chi connectivity index (χ1n) is 2.95. The summed E-state index contributed by atoms with van der Waals surface area (Å²) >= 11 is 0. The van der Waals surface area contributed by atoms with Gasteiger partial charge >= 0.3 is 0 Å². The number of hydrogen-bond acceptors (Lipinski definition) is 2. The van der Waals surface area contributed by atoms with Crippen molar-refractivity contribution in [3.05, 3.63) is 12.3 Å². The second kappa shape index (κ2) is 2.18. The Bertz CT molecular complexity index is 98.7. The fraction of sp³-hybridized carbons (Fsp3) is 0.667. The van der Waals surface area contributed by atoms with Crippen LogP contribution >= 0.6 is 0 Å². The van der Waals surface area contributed by atoms with Crippen molar-refractivity contribution in [2.24, 2.45) is 5.73 Å². The van der Waals surface area contributed by atoms with E-state index in [1.807, 2.05) is 18.1 Å². The number of rotatable bonds is 0. The number of allylic oxidation sites excluding steroid dienone is 1. The van der Waals surface area contributed by atoms with Crippen molar-refractivity contribution in [2.45, 2.75) is 19.0 Å². The average molecular weight is 112 g/mol. The second-order valence-electron chi connectivity index (χ2n) is 2.19. The van der Waals surface area contributed by atoms with E-state index in [4.69, 9.17) is 5.73 Å². The van der Waals surface area contributed by atoms with E-state index in [2.05, 4.69) is 6.08 Å². The van der Waals surface area contributed by atoms with Crippen LogP contribution in [0.15, 0.2) is 12.3 Å². The molecule has 0 bridgehead atoms. The van der Waals surface area contributed by atoms with Gasteiger partial charge in [0.05, 0.1) is 6.17 Å². The second-order valence-corrected chi connectivity index (χ2v) is 2.19. The highest BCUT2D eigenvalue weighted by molar-refractivity contribution is 4.88. The lowest BCUT2D eigenvalue weighted by Crippen LogP contribution is -2.36. The molecule has 2 nitrogen and oxygen atoms in total. The van der Waals surface area contributed by atoms with E-state index in [0.29, 0.717) is 0 Å². The van der Waals surface area contributed by atoms with Crippen LogP contribution in [0.1, 0.15) is 12.8 Å². The van der Waals surface area contributed by atoms with Crippen molar-refractivity contribution in [3.63, 3.8) is 0 Å². The van der Waals surface area contributed by atoms with Crippen LogP contribution in [-0.2, 0) is 0 Å². The summed E-state index contributed by atoms with van der Waals surface area (Å²) in [5.41, 5.74) is 5.65. The third-order valence-electron chi connectivity index (χ3n) is 1.49. The van der Waals surface area contributed by atoms with Gasteiger partial charge < -0.3 is 10.6 Å². The predicted molar refractivity (Wildman–Crippen MR) is 34.1 cm³/mol. The zero-order valence-corrected chi connectivity index (χ0v) is 5.17. The van der Waals surface area contributed by atoms with Crippen LogP contribution in [0.25, 0.3) is 0 Å². The third-order valence-corrected chi connectivity index (χ3v) is 1.49. The Morgan fingerprint density at radius 3 is 2.88 bits per heavy atom. The van der Waals surface area contributed by atoms with Gasteiger partial charge in [0, 0.05) is 7.05 Å². The lowest BCUT2D eigenvalue weighted by Gasteiger charge is -2.25. The summed E-state index contributed by atoms with van der Waals surface area (Å²) in [6.07, 6.45) is 6.65. The van der Waals surface area contributed by atoms with Crippen LogP contribution in [-0.4, -0.2) is 18.1 Å². The average Bonchev–Trinajstić information content (AvgIpc) is 1.77. The van der Waals surface area contributed by atoms with Gasteiger partial charge in [-0.25, -0.2) is 0 Å². The van der Waals surface area contributed by atoms with Crippen LogP contribution in [0.3, 0.4) is 0 Å². The first kappa shape index (κ1) is 5.63. The molecule has 46 valence electrons. The Kier molecular flexibility index (Phi) is 1.53. The minimum atomic E-state index is 0.250. The number of nitrogens with zero attached hydrogens (tertiary/aromatic N) is 1. The molecule has 0 aliphatic carbocycles. The Hall–Kier alpha value is -0.500. The molecule has 1 heterocycles. The zero-order valence-electron chi connectivity index (χ0n) is 5.17. The molecule has 0 aromatic carbocycles. The molecule has 0 aromatic rings. The zero-order chi connectivity index (χ0) is 5.98. The molecule has 1 rings (SSSR count). The first-order chi connectivity index (χ1) is 3.80. The van der Waals surface area contributed by atoms with Gasteiger partial charge in [-0.2, -0.15) is 0 Å². The summed E-state index contributed by atoms with van der Waals surface area (Å²) in [6, 6.07) is 0. The standard InChI is InChI=1S/C6H12N2/c1-8-5-3-2-4-6(8)7/h3,5-6H,2,4,7H2,1H3. The Balaban J connectivity index is 2.47. The normalized spacial score (nSPS) is 28.8. The van der Waals surface area contributed by atoms with Gasteiger partial charge in [-0.1, -0.05) is 6.08 Å². The van der Waals surface area contributed by atoms with Gasteiger partial charge in [0.1, 0.15) is 0 Å². The van der Waals surface area contributed by atoms with Crippen LogP contribution in [0, 0.1) is 0 Å². The van der Waals surface area contributed by atoms with Crippen LogP contribution < -0.4 is 5.73 Å². The lowest BCUT2D eigenvalue weighted by molar-refractivity contribution is 0.305. The van der Waals surface area contributed by atoms with E-state index >= 15 is 0 Å². The van der Waals surface area contributed by atoms with E-state index in [0.717, 1.165) is 12.8 Å².